The molecule has 0 aliphatic heterocycles. The van der Waals surface area contributed by atoms with Gasteiger partial charge in [0, 0.05) is 0 Å². The van der Waals surface area contributed by atoms with Gasteiger partial charge in [0.25, 0.3) is 0 Å². The Hall–Kier alpha value is 0.516. The van der Waals surface area contributed by atoms with E-state index in [9.17, 15) is 0 Å². The van der Waals surface area contributed by atoms with Crippen LogP contribution in [-0.2, 0) is 10.6 Å². The van der Waals surface area contributed by atoms with E-state index in [1.54, 1.807) is 0 Å². The molecule has 0 unspecified atom stereocenters. The number of rotatable bonds is 6. The molecule has 0 saturated heterocycles. The van der Waals surface area contributed by atoms with Crippen molar-refractivity contribution < 1.29 is 10.6 Å². The van der Waals surface area contributed by atoms with Crippen LogP contribution in [0.1, 0.15) is 62.3 Å². The van der Waals surface area contributed by atoms with Gasteiger partial charge < -0.3 is 0 Å². The summed E-state index contributed by atoms with van der Waals surface area (Å²) in [5, 5.41) is 0. The van der Waals surface area contributed by atoms with Crippen molar-refractivity contribution in [1.29, 1.82) is 0 Å². The van der Waals surface area contributed by atoms with Crippen LogP contribution in [0.5, 0.6) is 0 Å². The van der Waals surface area contributed by atoms with Crippen molar-refractivity contribution in [2.24, 2.45) is 16.2 Å². The van der Waals surface area contributed by atoms with Crippen molar-refractivity contribution in [3.05, 3.63) is 0 Å². The van der Waals surface area contributed by atoms with Crippen molar-refractivity contribution in [3.63, 3.8) is 0 Å². The molecule has 0 N–H and O–H groups in total. The first kappa shape index (κ1) is 19.5. The van der Waals surface area contributed by atoms with Crippen LogP contribution in [0.3, 0.4) is 0 Å². The van der Waals surface area contributed by atoms with E-state index in [2.05, 4.69) is 62.3 Å². The molecule has 0 amide bonds. The normalized spacial score (nSPS) is 13.7. The zero-order valence-corrected chi connectivity index (χ0v) is 16.8. The van der Waals surface area contributed by atoms with Gasteiger partial charge in [-0.3, -0.25) is 0 Å². The Morgan fingerprint density at radius 3 is 0.895 bits per heavy atom. The molecule has 0 spiro atoms. The van der Waals surface area contributed by atoms with Crippen molar-refractivity contribution in [3.8, 4) is 0 Å². The zero-order valence-electron chi connectivity index (χ0n) is 14.4. The van der Waals surface area contributed by atoms with E-state index < -0.39 is 17.3 Å². The van der Waals surface area contributed by atoms with Gasteiger partial charge in [-0.2, -0.15) is 0 Å². The molecule has 0 aliphatic carbocycles. The molecule has 0 heterocycles. The molecule has 0 aromatic rings. The van der Waals surface area contributed by atoms with E-state index in [1.165, 1.54) is 0 Å². The molecular formula is C15H33GaO3. The van der Waals surface area contributed by atoms with Crippen LogP contribution in [0.4, 0.5) is 0 Å². The van der Waals surface area contributed by atoms with Crippen molar-refractivity contribution >= 4 is 17.3 Å². The summed E-state index contributed by atoms with van der Waals surface area (Å²) in [6.45, 7) is 21.6. The second-order valence-corrected chi connectivity index (χ2v) is 12.2. The molecule has 0 bridgehead atoms. The third-order valence-corrected chi connectivity index (χ3v) is 4.72. The molecule has 0 fully saturated rings. The SMILES string of the molecule is CC(C)(C)C[O][Ga]([O]CC(C)(C)C)[O]CC(C)(C)C. The van der Waals surface area contributed by atoms with Crippen LogP contribution in [0.25, 0.3) is 0 Å². The Morgan fingerprint density at radius 2 is 0.737 bits per heavy atom. The van der Waals surface area contributed by atoms with Crippen molar-refractivity contribution in [2.75, 3.05) is 19.8 Å². The zero-order chi connectivity index (χ0) is 15.3. The first-order chi connectivity index (χ1) is 8.29. The molecular weight excluding hydrogens is 298 g/mol. The Labute approximate surface area is 126 Å². The minimum atomic E-state index is -2.54. The van der Waals surface area contributed by atoms with Crippen LogP contribution >= 0.6 is 0 Å². The van der Waals surface area contributed by atoms with E-state index in [0.717, 1.165) is 0 Å². The van der Waals surface area contributed by atoms with Crippen LogP contribution in [0.2, 0.25) is 0 Å². The quantitative estimate of drug-likeness (QED) is 0.684. The average molecular weight is 331 g/mol. The van der Waals surface area contributed by atoms with Gasteiger partial charge in [0.05, 0.1) is 0 Å². The standard InChI is InChI=1S/3C5H11O.Ga/c3*1-5(2,3)4-6;/h3*4H2,1-3H3;/q3*-1;+3. The second kappa shape index (κ2) is 7.50. The van der Waals surface area contributed by atoms with E-state index >= 15 is 0 Å². The summed E-state index contributed by atoms with van der Waals surface area (Å²) in [5.74, 6) is 0. The Kier molecular flexibility index (Phi) is 7.71. The first-order valence-corrected chi connectivity index (χ1v) is 10.1. The molecule has 0 radical (unpaired) electrons. The summed E-state index contributed by atoms with van der Waals surface area (Å²) >= 11 is -2.54. The number of hydrogen-bond donors (Lipinski definition) is 0. The molecule has 4 heteroatoms. The number of hydrogen-bond acceptors (Lipinski definition) is 3. The van der Waals surface area contributed by atoms with Crippen LogP contribution < -0.4 is 0 Å². The third kappa shape index (κ3) is 14.7. The Morgan fingerprint density at radius 1 is 0.526 bits per heavy atom. The fourth-order valence-corrected chi connectivity index (χ4v) is 5.71. The van der Waals surface area contributed by atoms with E-state index in [1.807, 2.05) is 0 Å². The van der Waals surface area contributed by atoms with Gasteiger partial charge in [0.15, 0.2) is 0 Å². The average Bonchev–Trinajstić information content (AvgIpc) is 2.11. The molecule has 0 aromatic heterocycles. The van der Waals surface area contributed by atoms with Gasteiger partial charge in [0.1, 0.15) is 0 Å². The fourth-order valence-electron chi connectivity index (χ4n) is 1.10. The predicted molar refractivity (Wildman–Crippen MR) is 82.0 cm³/mol. The van der Waals surface area contributed by atoms with E-state index in [4.69, 9.17) is 10.6 Å². The Balaban J connectivity index is 4.30. The summed E-state index contributed by atoms with van der Waals surface area (Å²) in [6, 6.07) is 0. The molecule has 0 saturated carbocycles. The first-order valence-electron chi connectivity index (χ1n) is 7.13. The summed E-state index contributed by atoms with van der Waals surface area (Å²) in [4.78, 5) is 0. The van der Waals surface area contributed by atoms with Gasteiger partial charge in [-0.05, 0) is 0 Å². The molecule has 19 heavy (non-hydrogen) atoms. The van der Waals surface area contributed by atoms with Gasteiger partial charge in [0.2, 0.25) is 0 Å². The molecule has 3 nitrogen and oxygen atoms in total. The Bertz CT molecular complexity index is 203. The molecule has 0 rings (SSSR count). The van der Waals surface area contributed by atoms with Crippen molar-refractivity contribution in [1.82, 2.24) is 0 Å². The fraction of sp³-hybridized carbons (Fsp3) is 1.00. The summed E-state index contributed by atoms with van der Waals surface area (Å²) < 4.78 is 17.8. The predicted octanol–water partition coefficient (Wildman–Crippen LogP) is 4.16. The van der Waals surface area contributed by atoms with Crippen LogP contribution in [-0.4, -0.2) is 37.1 Å². The molecule has 0 aromatic carbocycles. The summed E-state index contributed by atoms with van der Waals surface area (Å²) in [7, 11) is 0. The van der Waals surface area contributed by atoms with Gasteiger partial charge in [-0.1, -0.05) is 0 Å². The molecule has 0 atom stereocenters. The van der Waals surface area contributed by atoms with Gasteiger partial charge in [-0.25, -0.2) is 0 Å². The minimum absolute atomic E-state index is 0.152. The third-order valence-electron chi connectivity index (χ3n) is 1.96. The summed E-state index contributed by atoms with van der Waals surface area (Å²) in [6.07, 6.45) is 0. The second-order valence-electron chi connectivity index (χ2n) is 8.90. The van der Waals surface area contributed by atoms with Gasteiger partial charge in [-0.15, -0.1) is 0 Å². The molecule has 114 valence electrons. The van der Waals surface area contributed by atoms with Crippen LogP contribution in [0.15, 0.2) is 0 Å². The summed E-state index contributed by atoms with van der Waals surface area (Å²) in [5.41, 5.74) is 0.457. The maximum absolute atomic E-state index is 5.94. The van der Waals surface area contributed by atoms with E-state index in [-0.39, 0.29) is 16.2 Å². The van der Waals surface area contributed by atoms with Crippen molar-refractivity contribution in [2.45, 2.75) is 62.3 Å². The maximum atomic E-state index is 5.94. The van der Waals surface area contributed by atoms with Crippen LogP contribution in [0, 0.1) is 16.2 Å². The molecule has 0 aliphatic rings. The van der Waals surface area contributed by atoms with E-state index in [0.29, 0.717) is 19.8 Å². The monoisotopic (exact) mass is 330 g/mol. The topological polar surface area (TPSA) is 27.7 Å². The van der Waals surface area contributed by atoms with Gasteiger partial charge >= 0.3 is 126 Å².